The second-order valence-corrected chi connectivity index (χ2v) is 12.6. The zero-order chi connectivity index (χ0) is 19.7. The van der Waals surface area contributed by atoms with Crippen molar-refractivity contribution in [2.24, 2.45) is 0 Å². The van der Waals surface area contributed by atoms with E-state index >= 15 is 0 Å². The Morgan fingerprint density at radius 3 is 2.42 bits per heavy atom. The third-order valence-electron chi connectivity index (χ3n) is 3.23. The molecule has 6 nitrogen and oxygen atoms in total. The van der Waals surface area contributed by atoms with Crippen LogP contribution < -0.4 is 5.32 Å². The van der Waals surface area contributed by atoms with Gasteiger partial charge < -0.3 is 9.84 Å². The van der Waals surface area contributed by atoms with Crippen LogP contribution in [0.1, 0.15) is 31.3 Å². The van der Waals surface area contributed by atoms with E-state index in [0.29, 0.717) is 5.01 Å². The van der Waals surface area contributed by atoms with Crippen LogP contribution in [0, 0.1) is 0 Å². The number of nitrogens with zero attached hydrogens (tertiary/aromatic N) is 1. The van der Waals surface area contributed by atoms with Gasteiger partial charge in [0.15, 0.2) is 5.69 Å². The van der Waals surface area contributed by atoms with E-state index in [0.717, 1.165) is 16.9 Å². The lowest BCUT2D eigenvalue weighted by Crippen LogP contribution is -2.27. The van der Waals surface area contributed by atoms with Gasteiger partial charge in [-0.25, -0.2) is 24.6 Å². The van der Waals surface area contributed by atoms with Crippen molar-refractivity contribution in [3.63, 3.8) is 0 Å². The molecule has 0 aliphatic rings. The minimum absolute atomic E-state index is 0.162. The Labute approximate surface area is 158 Å². The number of carbonyl (C=O) groups excluding carboxylic acids is 1. The molecule has 2 N–H and O–H groups in total. The number of aromatic carboxylic acids is 1. The summed E-state index contributed by atoms with van der Waals surface area (Å²) in [4.78, 5) is 28.9. The van der Waals surface area contributed by atoms with Crippen molar-refractivity contribution >= 4 is 38.4 Å². The van der Waals surface area contributed by atoms with Crippen molar-refractivity contribution in [2.75, 3.05) is 24.1 Å². The van der Waals surface area contributed by atoms with Gasteiger partial charge in [0.25, 0.3) is 0 Å². The third-order valence-corrected chi connectivity index (χ3v) is 5.92. The number of carbonyl (C=O) groups is 2. The zero-order valence-corrected chi connectivity index (χ0v) is 17.4. The first kappa shape index (κ1) is 20.3. The molecule has 1 heterocycles. The fourth-order valence-corrected chi connectivity index (χ4v) is 3.99. The maximum atomic E-state index is 12.0. The number of carboxylic acid groups (broad SMARTS) is 1. The minimum Gasteiger partial charge on any atom is -0.476 e. The second kappa shape index (κ2) is 7.28. The van der Waals surface area contributed by atoms with Crippen LogP contribution in [0.25, 0.3) is 10.6 Å². The van der Waals surface area contributed by atoms with E-state index in [4.69, 9.17) is 4.74 Å². The van der Waals surface area contributed by atoms with Crippen LogP contribution in [0.2, 0.25) is 0 Å². The van der Waals surface area contributed by atoms with Crippen LogP contribution in [0.4, 0.5) is 9.80 Å². The summed E-state index contributed by atoms with van der Waals surface area (Å²) in [7, 11) is -0.922. The molecule has 0 saturated heterocycles. The number of ether oxygens (including phenoxy) is 1. The van der Waals surface area contributed by atoms with Gasteiger partial charge in [0.2, 0.25) is 0 Å². The Balaban J connectivity index is 2.38. The topological polar surface area (TPSA) is 88.5 Å². The molecular formula is C18H24N2O4S2. The monoisotopic (exact) mass is 396 g/mol. The van der Waals surface area contributed by atoms with Crippen molar-refractivity contribution in [2.45, 2.75) is 31.3 Å². The molecule has 1 aromatic carbocycles. The lowest BCUT2D eigenvalue weighted by atomic mass is 10.2. The first-order valence-corrected chi connectivity index (χ1v) is 11.6. The summed E-state index contributed by atoms with van der Waals surface area (Å²) < 4.78 is 5.19. The number of aromatic nitrogens is 1. The number of amides is 1. The molecule has 0 unspecified atom stereocenters. The summed E-state index contributed by atoms with van der Waals surface area (Å²) in [6.07, 6.45) is 5.85. The van der Waals surface area contributed by atoms with Gasteiger partial charge in [0, 0.05) is 5.56 Å². The highest BCUT2D eigenvalue weighted by molar-refractivity contribution is 8.32. The fraction of sp³-hybridized carbons (Fsp3) is 0.389. The van der Waals surface area contributed by atoms with Crippen LogP contribution in [-0.2, 0) is 4.74 Å². The summed E-state index contributed by atoms with van der Waals surface area (Å²) in [5.41, 5.74) is -0.0378. The van der Waals surface area contributed by atoms with Gasteiger partial charge >= 0.3 is 12.1 Å². The minimum atomic E-state index is -1.20. The molecule has 0 aliphatic carbocycles. The number of hydrogen-bond donors (Lipinski definition) is 2. The summed E-state index contributed by atoms with van der Waals surface area (Å²) in [5.74, 6) is -1.20. The van der Waals surface area contributed by atoms with Crippen molar-refractivity contribution < 1.29 is 19.4 Å². The SMILES string of the molecule is CC(C)(C)OC(=O)Nc1sc(-c2cccc(S(C)(C)C)c2)nc1C(=O)O. The summed E-state index contributed by atoms with van der Waals surface area (Å²) >= 11 is 1.12. The van der Waals surface area contributed by atoms with Gasteiger partial charge in [-0.2, -0.15) is 0 Å². The molecule has 0 bridgehead atoms. The van der Waals surface area contributed by atoms with Crippen molar-refractivity contribution in [1.82, 2.24) is 4.98 Å². The summed E-state index contributed by atoms with van der Waals surface area (Å²) in [6.45, 7) is 5.22. The normalized spacial score (nSPS) is 12.5. The molecular weight excluding hydrogens is 372 g/mol. The maximum Gasteiger partial charge on any atom is 0.412 e. The van der Waals surface area contributed by atoms with Gasteiger partial charge in [-0.05, 0) is 50.5 Å². The summed E-state index contributed by atoms with van der Waals surface area (Å²) in [5, 5.41) is 12.6. The molecule has 1 aromatic heterocycles. The van der Waals surface area contributed by atoms with Gasteiger partial charge in [0.05, 0.1) is 0 Å². The number of anilines is 1. The average molecular weight is 397 g/mol. The molecule has 0 saturated carbocycles. The number of thiazole rings is 1. The van der Waals surface area contributed by atoms with E-state index in [-0.39, 0.29) is 10.7 Å². The molecule has 8 heteroatoms. The van der Waals surface area contributed by atoms with Crippen LogP contribution in [0.15, 0.2) is 29.2 Å². The zero-order valence-electron chi connectivity index (χ0n) is 15.7. The van der Waals surface area contributed by atoms with Gasteiger partial charge in [-0.15, -0.1) is 0 Å². The predicted octanol–water partition coefficient (Wildman–Crippen LogP) is 4.91. The van der Waals surface area contributed by atoms with Crippen molar-refractivity contribution in [3.8, 4) is 10.6 Å². The van der Waals surface area contributed by atoms with Gasteiger partial charge in [-0.3, -0.25) is 5.32 Å². The Morgan fingerprint density at radius 1 is 1.23 bits per heavy atom. The van der Waals surface area contributed by atoms with Gasteiger partial charge in [0.1, 0.15) is 15.6 Å². The molecule has 0 radical (unpaired) electrons. The van der Waals surface area contributed by atoms with Crippen molar-refractivity contribution in [1.29, 1.82) is 0 Å². The Morgan fingerprint density at radius 2 is 1.88 bits per heavy atom. The number of benzene rings is 1. The third kappa shape index (κ3) is 5.22. The average Bonchev–Trinajstić information content (AvgIpc) is 2.88. The molecule has 2 aromatic rings. The Hall–Kier alpha value is -2.06. The van der Waals surface area contributed by atoms with E-state index in [1.807, 2.05) is 18.2 Å². The van der Waals surface area contributed by atoms with Gasteiger partial charge in [-0.1, -0.05) is 29.5 Å². The van der Waals surface area contributed by atoms with E-state index in [9.17, 15) is 14.7 Å². The maximum absolute atomic E-state index is 12.0. The molecule has 0 aliphatic heterocycles. The molecule has 0 spiro atoms. The van der Waals surface area contributed by atoms with E-state index in [1.54, 1.807) is 20.8 Å². The standard InChI is InChI=1S/C18H24N2O4S2/c1-18(2,3)24-17(23)20-15-13(16(21)22)19-14(25-15)11-8-7-9-12(10-11)26(4,5)6/h7-10H,1-6H3,(H,20,23)(H,21,22). The molecule has 142 valence electrons. The fourth-order valence-electron chi connectivity index (χ4n) is 2.08. The quantitative estimate of drug-likeness (QED) is 0.767. The lowest BCUT2D eigenvalue weighted by Gasteiger charge is -2.26. The largest absolute Gasteiger partial charge is 0.476 e. The van der Waals surface area contributed by atoms with Crippen LogP contribution in [0.5, 0.6) is 0 Å². The smallest absolute Gasteiger partial charge is 0.412 e. The van der Waals surface area contributed by atoms with E-state index in [2.05, 4.69) is 35.1 Å². The van der Waals surface area contributed by atoms with Crippen LogP contribution >= 0.6 is 21.4 Å². The van der Waals surface area contributed by atoms with Crippen LogP contribution in [0.3, 0.4) is 0 Å². The first-order chi connectivity index (χ1) is 11.9. The van der Waals surface area contributed by atoms with E-state index in [1.165, 1.54) is 4.90 Å². The number of hydrogen-bond acceptors (Lipinski definition) is 5. The predicted molar refractivity (Wildman–Crippen MR) is 108 cm³/mol. The molecule has 0 atom stereocenters. The highest BCUT2D eigenvalue weighted by Crippen LogP contribution is 2.46. The molecule has 0 fully saturated rings. The van der Waals surface area contributed by atoms with Crippen molar-refractivity contribution in [3.05, 3.63) is 30.0 Å². The summed E-state index contributed by atoms with van der Waals surface area (Å²) in [6, 6.07) is 7.91. The highest BCUT2D eigenvalue weighted by Gasteiger charge is 2.23. The molecule has 26 heavy (non-hydrogen) atoms. The number of carboxylic acids is 1. The Kier molecular flexibility index (Phi) is 5.67. The second-order valence-electron chi connectivity index (χ2n) is 7.49. The highest BCUT2D eigenvalue weighted by atomic mass is 32.3. The number of nitrogens with one attached hydrogen (secondary N) is 1. The lowest BCUT2D eigenvalue weighted by molar-refractivity contribution is 0.0636. The molecule has 2 rings (SSSR count). The number of rotatable bonds is 4. The first-order valence-electron chi connectivity index (χ1n) is 7.90. The molecule has 1 amide bonds. The van der Waals surface area contributed by atoms with Crippen LogP contribution in [-0.4, -0.2) is 46.5 Å². The Bertz CT molecular complexity index is 832. The van der Waals surface area contributed by atoms with E-state index < -0.39 is 27.7 Å².